The van der Waals surface area contributed by atoms with E-state index in [0.717, 1.165) is 23.4 Å². The van der Waals surface area contributed by atoms with E-state index in [4.69, 9.17) is 9.47 Å². The second kappa shape index (κ2) is 7.33. The zero-order valence-electron chi connectivity index (χ0n) is 15.5. The number of hydrogen-bond donors (Lipinski definition) is 1. The van der Waals surface area contributed by atoms with Crippen LogP contribution in [-0.2, 0) is 15.1 Å². The number of para-hydroxylation sites is 1. The summed E-state index contributed by atoms with van der Waals surface area (Å²) in [6, 6.07) is 18.1. The zero-order chi connectivity index (χ0) is 18.9. The monoisotopic (exact) mass is 367 g/mol. The molecule has 0 spiro atoms. The predicted molar refractivity (Wildman–Crippen MR) is 102 cm³/mol. The summed E-state index contributed by atoms with van der Waals surface area (Å²) in [7, 11) is 1.69. The molecule has 0 aromatic heterocycles. The molecule has 2 saturated heterocycles. The first kappa shape index (κ1) is 18.0. The molecule has 2 atom stereocenters. The van der Waals surface area contributed by atoms with Crippen molar-refractivity contribution in [2.24, 2.45) is 5.92 Å². The average molecular weight is 367 g/mol. The van der Waals surface area contributed by atoms with Crippen molar-refractivity contribution < 1.29 is 19.4 Å². The normalized spacial score (nSPS) is 24.8. The summed E-state index contributed by atoms with van der Waals surface area (Å²) in [6.45, 7) is 2.64. The molecule has 0 amide bonds. The van der Waals surface area contributed by atoms with Gasteiger partial charge in [-0.3, -0.25) is 9.69 Å². The molecule has 0 saturated carbocycles. The van der Waals surface area contributed by atoms with Crippen molar-refractivity contribution in [3.63, 3.8) is 0 Å². The molecular formula is C22H25NO4. The minimum Gasteiger partial charge on any atom is -0.496 e. The van der Waals surface area contributed by atoms with Gasteiger partial charge in [0.1, 0.15) is 5.75 Å². The first-order valence-corrected chi connectivity index (χ1v) is 9.40. The smallest absolute Gasteiger partial charge is 0.307 e. The molecule has 0 bridgehead atoms. The van der Waals surface area contributed by atoms with Gasteiger partial charge in [-0.15, -0.1) is 0 Å². The van der Waals surface area contributed by atoms with Crippen molar-refractivity contribution in [1.82, 2.24) is 4.90 Å². The minimum atomic E-state index is -0.709. The number of carboxylic acid groups (broad SMARTS) is 1. The van der Waals surface area contributed by atoms with Crippen molar-refractivity contribution in [3.8, 4) is 5.75 Å². The van der Waals surface area contributed by atoms with Crippen LogP contribution in [0.5, 0.6) is 5.75 Å². The Morgan fingerprint density at radius 1 is 1.15 bits per heavy atom. The summed E-state index contributed by atoms with van der Waals surface area (Å²) < 4.78 is 11.3. The molecule has 142 valence electrons. The van der Waals surface area contributed by atoms with Gasteiger partial charge in [0.15, 0.2) is 0 Å². The molecule has 4 rings (SSSR count). The number of hydrogen-bond acceptors (Lipinski definition) is 4. The number of methoxy groups -OCH3 is 1. The van der Waals surface area contributed by atoms with Gasteiger partial charge in [0, 0.05) is 24.6 Å². The van der Waals surface area contributed by atoms with Gasteiger partial charge in [-0.1, -0.05) is 48.5 Å². The number of nitrogens with zero attached hydrogens (tertiary/aromatic N) is 1. The molecule has 0 unspecified atom stereocenters. The summed E-state index contributed by atoms with van der Waals surface area (Å²) in [5.74, 6) is -0.249. The lowest BCUT2D eigenvalue weighted by Gasteiger charge is -2.53. The van der Waals surface area contributed by atoms with Crippen LogP contribution in [0.4, 0.5) is 0 Å². The van der Waals surface area contributed by atoms with E-state index in [-0.39, 0.29) is 17.4 Å². The van der Waals surface area contributed by atoms with Crippen molar-refractivity contribution in [1.29, 1.82) is 0 Å². The van der Waals surface area contributed by atoms with Gasteiger partial charge in [-0.25, -0.2) is 0 Å². The molecule has 2 heterocycles. The summed E-state index contributed by atoms with van der Waals surface area (Å²) in [5.41, 5.74) is 1.97. The van der Waals surface area contributed by atoms with Crippen LogP contribution < -0.4 is 4.74 Å². The van der Waals surface area contributed by atoms with Gasteiger partial charge in [0.05, 0.1) is 31.8 Å². The number of carboxylic acids is 1. The lowest BCUT2D eigenvalue weighted by molar-refractivity contribution is -0.164. The van der Waals surface area contributed by atoms with E-state index < -0.39 is 5.97 Å². The van der Waals surface area contributed by atoms with Gasteiger partial charge in [-0.05, 0) is 18.1 Å². The Morgan fingerprint density at radius 2 is 1.85 bits per heavy atom. The van der Waals surface area contributed by atoms with Crippen LogP contribution in [0.1, 0.15) is 23.5 Å². The van der Waals surface area contributed by atoms with E-state index in [1.807, 2.05) is 48.5 Å². The summed E-state index contributed by atoms with van der Waals surface area (Å²) in [5, 5.41) is 9.77. The quantitative estimate of drug-likeness (QED) is 0.880. The molecule has 0 aliphatic carbocycles. The molecule has 0 radical (unpaired) electrons. The second-order valence-corrected chi connectivity index (χ2v) is 7.42. The Hall–Kier alpha value is -2.37. The fraction of sp³-hybridized carbons (Fsp3) is 0.409. The van der Waals surface area contributed by atoms with Crippen LogP contribution in [0, 0.1) is 5.92 Å². The first-order valence-electron chi connectivity index (χ1n) is 9.40. The Balaban J connectivity index is 1.68. The van der Waals surface area contributed by atoms with Crippen molar-refractivity contribution in [3.05, 3.63) is 65.7 Å². The highest BCUT2D eigenvalue weighted by Crippen LogP contribution is 2.45. The second-order valence-electron chi connectivity index (χ2n) is 7.42. The van der Waals surface area contributed by atoms with E-state index in [2.05, 4.69) is 11.0 Å². The lowest BCUT2D eigenvalue weighted by atomic mass is 9.76. The SMILES string of the molecule is COc1ccccc1C1(N2CC[C@@H](C(=O)O)[C@H](c3ccccc3)C2)COC1. The molecule has 5 nitrogen and oxygen atoms in total. The maximum absolute atomic E-state index is 11.9. The van der Waals surface area contributed by atoms with Gasteiger partial charge in [0.2, 0.25) is 0 Å². The zero-order valence-corrected chi connectivity index (χ0v) is 15.5. The van der Waals surface area contributed by atoms with Crippen LogP contribution in [0.15, 0.2) is 54.6 Å². The highest BCUT2D eigenvalue weighted by Gasteiger charge is 2.50. The largest absolute Gasteiger partial charge is 0.496 e. The molecule has 2 aromatic rings. The van der Waals surface area contributed by atoms with Crippen LogP contribution in [0.25, 0.3) is 0 Å². The molecule has 2 fully saturated rings. The minimum absolute atomic E-state index is 0.0374. The first-order chi connectivity index (χ1) is 13.2. The van der Waals surface area contributed by atoms with Crippen molar-refractivity contribution in [2.75, 3.05) is 33.4 Å². The fourth-order valence-electron chi connectivity index (χ4n) is 4.51. The predicted octanol–water partition coefficient (Wildman–Crippen LogP) is 3.11. The van der Waals surface area contributed by atoms with Crippen LogP contribution >= 0.6 is 0 Å². The maximum Gasteiger partial charge on any atom is 0.307 e. The van der Waals surface area contributed by atoms with E-state index >= 15 is 0 Å². The topological polar surface area (TPSA) is 59.0 Å². The number of ether oxygens (including phenoxy) is 2. The van der Waals surface area contributed by atoms with E-state index in [1.165, 1.54) is 0 Å². The van der Waals surface area contributed by atoms with Gasteiger partial charge < -0.3 is 14.6 Å². The third-order valence-corrected chi connectivity index (χ3v) is 6.05. The third kappa shape index (κ3) is 3.11. The number of likely N-dealkylation sites (tertiary alicyclic amines) is 1. The Morgan fingerprint density at radius 3 is 2.48 bits per heavy atom. The lowest BCUT2D eigenvalue weighted by Crippen LogP contribution is -2.62. The van der Waals surface area contributed by atoms with E-state index in [1.54, 1.807) is 7.11 Å². The summed E-state index contributed by atoms with van der Waals surface area (Å²) >= 11 is 0. The fourth-order valence-corrected chi connectivity index (χ4v) is 4.51. The molecule has 2 aliphatic rings. The summed E-state index contributed by atoms with van der Waals surface area (Å²) in [6.07, 6.45) is 0.631. The van der Waals surface area contributed by atoms with Gasteiger partial charge in [0.25, 0.3) is 0 Å². The number of benzene rings is 2. The van der Waals surface area contributed by atoms with Gasteiger partial charge >= 0.3 is 5.97 Å². The molecule has 2 aliphatic heterocycles. The van der Waals surface area contributed by atoms with Crippen LogP contribution in [0.2, 0.25) is 0 Å². The molecule has 27 heavy (non-hydrogen) atoms. The van der Waals surface area contributed by atoms with Crippen molar-refractivity contribution in [2.45, 2.75) is 17.9 Å². The standard InChI is InChI=1S/C22H25NO4/c1-26-20-10-6-5-9-19(20)22(14-27-15-22)23-12-11-17(21(24)25)18(13-23)16-7-3-2-4-8-16/h2-10,17-18H,11-15H2,1H3,(H,24,25)/t17-,18+/m1/s1. The Labute approximate surface area is 159 Å². The van der Waals surface area contributed by atoms with Crippen LogP contribution in [0.3, 0.4) is 0 Å². The maximum atomic E-state index is 11.9. The summed E-state index contributed by atoms with van der Waals surface area (Å²) in [4.78, 5) is 14.3. The molecule has 1 N–H and O–H groups in total. The van der Waals surface area contributed by atoms with Crippen molar-refractivity contribution >= 4 is 5.97 Å². The van der Waals surface area contributed by atoms with Crippen LogP contribution in [-0.4, -0.2) is 49.4 Å². The molecular weight excluding hydrogens is 342 g/mol. The number of piperidine rings is 1. The Bertz CT molecular complexity index is 803. The molecule has 2 aromatic carbocycles. The number of carbonyl (C=O) groups is 1. The highest BCUT2D eigenvalue weighted by atomic mass is 16.5. The number of rotatable bonds is 5. The Kier molecular flexibility index (Phi) is 4.89. The third-order valence-electron chi connectivity index (χ3n) is 6.05. The van der Waals surface area contributed by atoms with E-state index in [9.17, 15) is 9.90 Å². The molecule has 5 heteroatoms. The average Bonchev–Trinajstić information content (AvgIpc) is 2.68. The highest BCUT2D eigenvalue weighted by molar-refractivity contribution is 5.71. The van der Waals surface area contributed by atoms with Gasteiger partial charge in [-0.2, -0.15) is 0 Å². The number of aliphatic carboxylic acids is 1. The van der Waals surface area contributed by atoms with E-state index in [0.29, 0.717) is 26.2 Å².